The van der Waals surface area contributed by atoms with Gasteiger partial charge in [-0.05, 0) is 43.4 Å². The first-order valence-corrected chi connectivity index (χ1v) is 7.54. The molecule has 2 N–H and O–H groups in total. The van der Waals surface area contributed by atoms with E-state index in [0.717, 1.165) is 18.1 Å². The maximum Gasteiger partial charge on any atom is 0.129 e. The Morgan fingerprint density at radius 1 is 1.32 bits per heavy atom. The molecule has 2 rings (SSSR count). The molecule has 0 aliphatic heterocycles. The summed E-state index contributed by atoms with van der Waals surface area (Å²) in [5.41, 5.74) is 8.06. The molecular weight excluding hydrogens is 234 g/mol. The van der Waals surface area contributed by atoms with Gasteiger partial charge < -0.3 is 10.6 Å². The molecule has 1 saturated carbocycles. The Morgan fingerprint density at radius 2 is 2.00 bits per heavy atom. The maximum atomic E-state index is 5.80. The van der Waals surface area contributed by atoms with Crippen molar-refractivity contribution in [1.29, 1.82) is 0 Å². The molecule has 0 saturated heterocycles. The highest BCUT2D eigenvalue weighted by molar-refractivity contribution is 5.44. The van der Waals surface area contributed by atoms with E-state index in [1.807, 2.05) is 0 Å². The fourth-order valence-corrected chi connectivity index (χ4v) is 3.03. The lowest BCUT2D eigenvalue weighted by Crippen LogP contribution is -2.37. The lowest BCUT2D eigenvalue weighted by molar-refractivity contribution is 0.530. The second kappa shape index (κ2) is 6.38. The number of nitrogens with two attached hydrogens (primary N) is 1. The van der Waals surface area contributed by atoms with E-state index in [1.165, 1.54) is 31.2 Å². The van der Waals surface area contributed by atoms with E-state index in [9.17, 15) is 0 Å². The summed E-state index contributed by atoms with van der Waals surface area (Å²) in [5, 5.41) is 0. The van der Waals surface area contributed by atoms with Crippen LogP contribution < -0.4 is 10.6 Å². The van der Waals surface area contributed by atoms with Crippen molar-refractivity contribution >= 4 is 5.82 Å². The predicted molar refractivity (Wildman–Crippen MR) is 81.3 cm³/mol. The van der Waals surface area contributed by atoms with Crippen molar-refractivity contribution in [2.24, 2.45) is 11.7 Å². The van der Waals surface area contributed by atoms with Gasteiger partial charge in [-0.15, -0.1) is 0 Å². The summed E-state index contributed by atoms with van der Waals surface area (Å²) in [6.45, 7) is 8.30. The number of pyridine rings is 1. The van der Waals surface area contributed by atoms with Crippen LogP contribution in [0.1, 0.15) is 50.8 Å². The molecule has 3 nitrogen and oxygen atoms in total. The molecule has 1 fully saturated rings. The summed E-state index contributed by atoms with van der Waals surface area (Å²) in [4.78, 5) is 7.27. The van der Waals surface area contributed by atoms with E-state index in [0.29, 0.717) is 18.5 Å². The number of hydrogen-bond acceptors (Lipinski definition) is 3. The van der Waals surface area contributed by atoms with Gasteiger partial charge in [0.25, 0.3) is 0 Å². The average Bonchev–Trinajstić information content (AvgIpc) is 2.88. The van der Waals surface area contributed by atoms with E-state index >= 15 is 0 Å². The van der Waals surface area contributed by atoms with Gasteiger partial charge in [-0.25, -0.2) is 4.98 Å². The molecule has 1 aromatic heterocycles. The van der Waals surface area contributed by atoms with E-state index in [-0.39, 0.29) is 0 Å². The van der Waals surface area contributed by atoms with Crippen molar-refractivity contribution in [3.8, 4) is 0 Å². The standard InChI is InChI=1S/C16H27N3/c1-12(2)11-19(15-6-4-5-7-15)16-9-14(10-17)8-13(3)18-16/h8-9,12,15H,4-7,10-11,17H2,1-3H3. The van der Waals surface area contributed by atoms with Crippen LogP contribution in [-0.4, -0.2) is 17.6 Å². The van der Waals surface area contributed by atoms with Gasteiger partial charge in [0.2, 0.25) is 0 Å². The third-order valence-corrected chi connectivity index (χ3v) is 3.86. The second-order valence-electron chi connectivity index (χ2n) is 6.16. The Kier molecular flexibility index (Phi) is 4.81. The van der Waals surface area contributed by atoms with Gasteiger partial charge in [-0.2, -0.15) is 0 Å². The number of anilines is 1. The third-order valence-electron chi connectivity index (χ3n) is 3.86. The van der Waals surface area contributed by atoms with Crippen molar-refractivity contribution in [3.05, 3.63) is 23.4 Å². The Balaban J connectivity index is 2.28. The van der Waals surface area contributed by atoms with Crippen LogP contribution in [0.4, 0.5) is 5.82 Å². The van der Waals surface area contributed by atoms with Crippen LogP contribution >= 0.6 is 0 Å². The lowest BCUT2D eigenvalue weighted by atomic mass is 10.1. The molecule has 0 amide bonds. The second-order valence-corrected chi connectivity index (χ2v) is 6.16. The number of aromatic nitrogens is 1. The minimum Gasteiger partial charge on any atom is -0.353 e. The van der Waals surface area contributed by atoms with Gasteiger partial charge >= 0.3 is 0 Å². The summed E-state index contributed by atoms with van der Waals surface area (Å²) >= 11 is 0. The minimum atomic E-state index is 0.594. The number of nitrogens with zero attached hydrogens (tertiary/aromatic N) is 2. The average molecular weight is 261 g/mol. The fourth-order valence-electron chi connectivity index (χ4n) is 3.03. The molecule has 1 aliphatic rings. The van der Waals surface area contributed by atoms with E-state index in [2.05, 4.69) is 37.8 Å². The zero-order chi connectivity index (χ0) is 13.8. The fraction of sp³-hybridized carbons (Fsp3) is 0.688. The zero-order valence-electron chi connectivity index (χ0n) is 12.5. The topological polar surface area (TPSA) is 42.1 Å². The Bertz CT molecular complexity index is 408. The van der Waals surface area contributed by atoms with E-state index in [4.69, 9.17) is 10.7 Å². The molecule has 0 radical (unpaired) electrons. The van der Waals surface area contributed by atoms with E-state index < -0.39 is 0 Å². The van der Waals surface area contributed by atoms with Crippen molar-refractivity contribution in [1.82, 2.24) is 4.98 Å². The van der Waals surface area contributed by atoms with Crippen molar-refractivity contribution in [2.45, 2.75) is 59.0 Å². The maximum absolute atomic E-state index is 5.80. The SMILES string of the molecule is Cc1cc(CN)cc(N(CC(C)C)C2CCCC2)n1. The molecule has 1 heterocycles. The molecule has 1 aromatic rings. The van der Waals surface area contributed by atoms with Crippen LogP contribution in [-0.2, 0) is 6.54 Å². The lowest BCUT2D eigenvalue weighted by Gasteiger charge is -2.32. The number of aryl methyl sites for hydroxylation is 1. The molecule has 0 atom stereocenters. The molecule has 3 heteroatoms. The van der Waals surface area contributed by atoms with Crippen molar-refractivity contribution in [2.75, 3.05) is 11.4 Å². The van der Waals surface area contributed by atoms with Crippen molar-refractivity contribution < 1.29 is 0 Å². The molecule has 0 bridgehead atoms. The summed E-state index contributed by atoms with van der Waals surface area (Å²) in [5.74, 6) is 1.78. The monoisotopic (exact) mass is 261 g/mol. The summed E-state index contributed by atoms with van der Waals surface area (Å²) in [6, 6.07) is 4.93. The molecule has 0 spiro atoms. The summed E-state index contributed by atoms with van der Waals surface area (Å²) < 4.78 is 0. The van der Waals surface area contributed by atoms with Crippen LogP contribution in [0.25, 0.3) is 0 Å². The minimum absolute atomic E-state index is 0.594. The largest absolute Gasteiger partial charge is 0.353 e. The smallest absolute Gasteiger partial charge is 0.129 e. The first-order valence-electron chi connectivity index (χ1n) is 7.54. The highest BCUT2D eigenvalue weighted by atomic mass is 15.2. The van der Waals surface area contributed by atoms with Gasteiger partial charge in [0.1, 0.15) is 5.82 Å². The normalized spacial score (nSPS) is 16.3. The van der Waals surface area contributed by atoms with Gasteiger partial charge in [-0.3, -0.25) is 0 Å². The predicted octanol–water partition coefficient (Wildman–Crippen LogP) is 3.25. The number of rotatable bonds is 5. The molecule has 0 unspecified atom stereocenters. The number of hydrogen-bond donors (Lipinski definition) is 1. The highest BCUT2D eigenvalue weighted by Crippen LogP contribution is 2.28. The van der Waals surface area contributed by atoms with Gasteiger partial charge in [0.15, 0.2) is 0 Å². The van der Waals surface area contributed by atoms with Crippen LogP contribution in [0, 0.1) is 12.8 Å². The molecule has 1 aliphatic carbocycles. The highest BCUT2D eigenvalue weighted by Gasteiger charge is 2.24. The van der Waals surface area contributed by atoms with Crippen LogP contribution in [0.5, 0.6) is 0 Å². The van der Waals surface area contributed by atoms with Crippen molar-refractivity contribution in [3.63, 3.8) is 0 Å². The van der Waals surface area contributed by atoms with Crippen LogP contribution in [0.3, 0.4) is 0 Å². The van der Waals surface area contributed by atoms with Crippen LogP contribution in [0.2, 0.25) is 0 Å². The third kappa shape index (κ3) is 3.69. The molecule has 19 heavy (non-hydrogen) atoms. The zero-order valence-corrected chi connectivity index (χ0v) is 12.5. The van der Waals surface area contributed by atoms with Gasteiger partial charge in [-0.1, -0.05) is 26.7 Å². The quantitative estimate of drug-likeness (QED) is 0.884. The van der Waals surface area contributed by atoms with Crippen LogP contribution in [0.15, 0.2) is 12.1 Å². The summed E-state index contributed by atoms with van der Waals surface area (Å²) in [7, 11) is 0. The van der Waals surface area contributed by atoms with Gasteiger partial charge in [0.05, 0.1) is 0 Å². The summed E-state index contributed by atoms with van der Waals surface area (Å²) in [6.07, 6.45) is 5.32. The van der Waals surface area contributed by atoms with E-state index in [1.54, 1.807) is 0 Å². The Hall–Kier alpha value is -1.09. The van der Waals surface area contributed by atoms with Gasteiger partial charge in [0, 0.05) is 24.8 Å². The Morgan fingerprint density at radius 3 is 2.58 bits per heavy atom. The Labute approximate surface area is 117 Å². The molecule has 0 aromatic carbocycles. The first kappa shape index (κ1) is 14.3. The molecular formula is C16H27N3. The molecule has 106 valence electrons. The first-order chi connectivity index (χ1) is 9.10.